The zero-order valence-corrected chi connectivity index (χ0v) is 19.4. The van der Waals surface area contributed by atoms with Crippen molar-refractivity contribution in [2.75, 3.05) is 33.0 Å². The molecule has 2 aromatic carbocycles. The third-order valence-electron chi connectivity index (χ3n) is 5.60. The van der Waals surface area contributed by atoms with Crippen LogP contribution in [0.25, 0.3) is 11.8 Å². The van der Waals surface area contributed by atoms with Gasteiger partial charge >= 0.3 is 0 Å². The summed E-state index contributed by atoms with van der Waals surface area (Å²) in [6, 6.07) is 18.3. The highest BCUT2D eigenvalue weighted by molar-refractivity contribution is 7.98. The van der Waals surface area contributed by atoms with Gasteiger partial charge in [-0.1, -0.05) is 59.8 Å². The fourth-order valence-electron chi connectivity index (χ4n) is 4.01. The van der Waals surface area contributed by atoms with Crippen molar-refractivity contribution in [2.24, 2.45) is 0 Å². The van der Waals surface area contributed by atoms with Crippen LogP contribution in [0.4, 0.5) is 0 Å². The maximum absolute atomic E-state index is 6.54. The second-order valence-corrected chi connectivity index (χ2v) is 8.89. The molecule has 162 valence electrons. The number of likely N-dealkylation sites (tertiary alicyclic amines) is 1. The van der Waals surface area contributed by atoms with E-state index in [1.807, 2.05) is 42.7 Å². The molecule has 1 aromatic heterocycles. The Bertz CT molecular complexity index is 1030. The minimum atomic E-state index is 0.368. The van der Waals surface area contributed by atoms with E-state index < -0.39 is 0 Å². The van der Waals surface area contributed by atoms with E-state index >= 15 is 0 Å². The van der Waals surface area contributed by atoms with Crippen molar-refractivity contribution in [2.45, 2.75) is 23.9 Å². The highest BCUT2D eigenvalue weighted by Gasteiger charge is 2.27. The fourth-order valence-corrected chi connectivity index (χ4v) is 4.81. The summed E-state index contributed by atoms with van der Waals surface area (Å²) in [4.78, 5) is 2.42. The van der Waals surface area contributed by atoms with Gasteiger partial charge in [0.05, 0.1) is 12.8 Å². The first kappa shape index (κ1) is 21.9. The average Bonchev–Trinajstić information content (AvgIpc) is 3.24. The number of halogens is 1. The molecule has 3 aromatic rings. The fraction of sp³-hybridized carbons (Fsp3) is 0.333. The molecular formula is C24H27ClN4OS. The quantitative estimate of drug-likeness (QED) is 0.443. The number of benzene rings is 2. The number of aromatic nitrogens is 3. The first-order valence-electron chi connectivity index (χ1n) is 10.4. The van der Waals surface area contributed by atoms with Gasteiger partial charge in [0, 0.05) is 23.6 Å². The van der Waals surface area contributed by atoms with Crippen LogP contribution in [0.1, 0.15) is 30.1 Å². The van der Waals surface area contributed by atoms with Crippen molar-refractivity contribution in [3.8, 4) is 11.4 Å². The molecule has 7 heteroatoms. The molecule has 0 unspecified atom stereocenters. The second kappa shape index (κ2) is 10.4. The summed E-state index contributed by atoms with van der Waals surface area (Å²) in [6.07, 6.45) is 6.16. The minimum absolute atomic E-state index is 0.368. The van der Waals surface area contributed by atoms with Gasteiger partial charge in [0.1, 0.15) is 11.6 Å². The number of ether oxygens (including phenoxy) is 1. The van der Waals surface area contributed by atoms with Gasteiger partial charge < -0.3 is 4.74 Å². The van der Waals surface area contributed by atoms with Crippen LogP contribution in [0.2, 0.25) is 0 Å². The van der Waals surface area contributed by atoms with Crippen LogP contribution in [-0.2, 0) is 0 Å². The summed E-state index contributed by atoms with van der Waals surface area (Å²) < 4.78 is 7.60. The molecule has 0 radical (unpaired) electrons. The van der Waals surface area contributed by atoms with E-state index in [1.54, 1.807) is 18.9 Å². The molecule has 0 bridgehead atoms. The van der Waals surface area contributed by atoms with Gasteiger partial charge in [0.15, 0.2) is 5.16 Å². The number of thioether (sulfide) groups is 1. The summed E-state index contributed by atoms with van der Waals surface area (Å²) in [5.74, 6) is 2.23. The zero-order valence-electron chi connectivity index (χ0n) is 17.9. The van der Waals surface area contributed by atoms with Crippen molar-refractivity contribution in [1.29, 1.82) is 0 Å². The van der Waals surface area contributed by atoms with E-state index in [0.29, 0.717) is 5.92 Å². The summed E-state index contributed by atoms with van der Waals surface area (Å²) in [5, 5.41) is 10.8. The topological polar surface area (TPSA) is 43.2 Å². The molecule has 0 aliphatic carbocycles. The number of methoxy groups -OCH3 is 1. The predicted molar refractivity (Wildman–Crippen MR) is 128 cm³/mol. The number of nitrogens with zero attached hydrogens (tertiary/aromatic N) is 4. The highest BCUT2D eigenvalue weighted by Crippen LogP contribution is 2.32. The lowest BCUT2D eigenvalue weighted by molar-refractivity contribution is 0.226. The standard InChI is InChI=1S/C24H27ClN4OS/c1-30-22-10-6-9-21(16-22)29-23(26-27-24(29)31-2)19-11-13-28(14-12-19)17-20(25)15-18-7-4-3-5-8-18/h3-10,15-16,19H,11-14,17H2,1-2H3. The monoisotopic (exact) mass is 454 g/mol. The van der Waals surface area contributed by atoms with Crippen molar-refractivity contribution in [3.63, 3.8) is 0 Å². The van der Waals surface area contributed by atoms with E-state index in [9.17, 15) is 0 Å². The lowest BCUT2D eigenvalue weighted by Crippen LogP contribution is -2.34. The van der Waals surface area contributed by atoms with Gasteiger partial charge in [-0.3, -0.25) is 9.47 Å². The lowest BCUT2D eigenvalue weighted by Gasteiger charge is -2.31. The Morgan fingerprint density at radius 1 is 1.13 bits per heavy atom. The predicted octanol–water partition coefficient (Wildman–Crippen LogP) is 5.46. The summed E-state index contributed by atoms with van der Waals surface area (Å²) in [6.45, 7) is 2.76. The van der Waals surface area contributed by atoms with Crippen LogP contribution in [-0.4, -0.2) is 52.7 Å². The van der Waals surface area contributed by atoms with Crippen LogP contribution < -0.4 is 4.74 Å². The number of rotatable bonds is 7. The lowest BCUT2D eigenvalue weighted by atomic mass is 9.95. The van der Waals surface area contributed by atoms with E-state index in [1.165, 1.54) is 0 Å². The Balaban J connectivity index is 1.45. The van der Waals surface area contributed by atoms with Gasteiger partial charge in [-0.2, -0.15) is 0 Å². The van der Waals surface area contributed by atoms with Gasteiger partial charge in [-0.15, -0.1) is 10.2 Å². The molecule has 0 saturated carbocycles. The Labute approximate surface area is 193 Å². The maximum atomic E-state index is 6.54. The molecule has 0 amide bonds. The van der Waals surface area contributed by atoms with Crippen LogP contribution in [0.15, 0.2) is 64.8 Å². The number of hydrogen-bond donors (Lipinski definition) is 0. The van der Waals surface area contributed by atoms with Crippen molar-refractivity contribution in [3.05, 3.63) is 71.0 Å². The molecule has 4 rings (SSSR count). The molecular weight excluding hydrogens is 428 g/mol. The van der Waals surface area contributed by atoms with Crippen molar-refractivity contribution >= 4 is 29.4 Å². The van der Waals surface area contributed by atoms with Crippen LogP contribution in [0.5, 0.6) is 5.75 Å². The van der Waals surface area contributed by atoms with E-state index in [0.717, 1.165) is 65.5 Å². The SMILES string of the molecule is COc1cccc(-n2c(SC)nnc2C2CCN(CC(Cl)=Cc3ccccc3)CC2)c1. The second-order valence-electron chi connectivity index (χ2n) is 7.63. The highest BCUT2D eigenvalue weighted by atomic mass is 35.5. The minimum Gasteiger partial charge on any atom is -0.497 e. The van der Waals surface area contributed by atoms with E-state index in [4.69, 9.17) is 16.3 Å². The summed E-state index contributed by atoms with van der Waals surface area (Å²) >= 11 is 8.15. The smallest absolute Gasteiger partial charge is 0.195 e. The third kappa shape index (κ3) is 5.32. The van der Waals surface area contributed by atoms with E-state index in [-0.39, 0.29) is 0 Å². The Kier molecular flexibility index (Phi) is 7.33. The molecule has 1 fully saturated rings. The van der Waals surface area contributed by atoms with Crippen LogP contribution >= 0.6 is 23.4 Å². The Morgan fingerprint density at radius 3 is 2.61 bits per heavy atom. The molecule has 1 aliphatic rings. The molecule has 0 atom stereocenters. The van der Waals surface area contributed by atoms with Gasteiger partial charge in [-0.05, 0) is 56.0 Å². The van der Waals surface area contributed by atoms with Gasteiger partial charge in [-0.25, -0.2) is 0 Å². The Hall–Kier alpha value is -2.28. The van der Waals surface area contributed by atoms with Gasteiger partial charge in [0.2, 0.25) is 0 Å². The zero-order chi connectivity index (χ0) is 21.6. The van der Waals surface area contributed by atoms with Crippen molar-refractivity contribution in [1.82, 2.24) is 19.7 Å². The molecule has 1 aliphatic heterocycles. The number of piperidine rings is 1. The van der Waals surface area contributed by atoms with Crippen LogP contribution in [0.3, 0.4) is 0 Å². The number of hydrogen-bond acceptors (Lipinski definition) is 5. The first-order chi connectivity index (χ1) is 15.2. The molecule has 1 saturated heterocycles. The molecule has 0 spiro atoms. The molecule has 5 nitrogen and oxygen atoms in total. The maximum Gasteiger partial charge on any atom is 0.195 e. The third-order valence-corrected chi connectivity index (χ3v) is 6.46. The average molecular weight is 455 g/mol. The van der Waals surface area contributed by atoms with Gasteiger partial charge in [0.25, 0.3) is 0 Å². The van der Waals surface area contributed by atoms with Crippen molar-refractivity contribution < 1.29 is 4.74 Å². The summed E-state index contributed by atoms with van der Waals surface area (Å²) in [5.41, 5.74) is 2.18. The molecule has 0 N–H and O–H groups in total. The molecule has 31 heavy (non-hydrogen) atoms. The largest absolute Gasteiger partial charge is 0.497 e. The first-order valence-corrected chi connectivity index (χ1v) is 12.1. The van der Waals surface area contributed by atoms with Crippen LogP contribution in [0, 0.1) is 0 Å². The summed E-state index contributed by atoms with van der Waals surface area (Å²) in [7, 11) is 1.69. The van der Waals surface area contributed by atoms with E-state index in [2.05, 4.69) is 43.9 Å². The molecule has 2 heterocycles. The normalized spacial score (nSPS) is 15.9. The Morgan fingerprint density at radius 2 is 1.90 bits per heavy atom.